The van der Waals surface area contributed by atoms with Crippen molar-refractivity contribution in [3.63, 3.8) is 0 Å². The van der Waals surface area contributed by atoms with E-state index in [2.05, 4.69) is 42.4 Å². The Bertz CT molecular complexity index is 940. The highest BCUT2D eigenvalue weighted by atomic mass is 28.3. The van der Waals surface area contributed by atoms with Gasteiger partial charge in [-0.15, -0.1) is 0 Å². The van der Waals surface area contributed by atoms with Crippen LogP contribution < -0.4 is 0 Å². The Kier molecular flexibility index (Phi) is 5.01. The smallest absolute Gasteiger partial charge is 0.314 e. The Labute approximate surface area is 166 Å². The van der Waals surface area contributed by atoms with Gasteiger partial charge in [0.2, 0.25) is 0 Å². The zero-order valence-electron chi connectivity index (χ0n) is 16.7. The first-order valence-electron chi connectivity index (χ1n) is 9.91. The first-order valence-corrected chi connectivity index (χ1v) is 13.6. The van der Waals surface area contributed by atoms with Crippen molar-refractivity contribution in [3.8, 4) is 0 Å². The standard InChI is InChI=1S/C22H27NO4Si/c1-28(2,3)9-8-26-14-23-19-7-5-4-6-15(19)10-20(23)18-12-17-16(13-24)11-21(18)27-22(17)25/h4-7,10,12-13,16-17,21H,8-9,11,14H2,1-3H3/t16-,17?,21?/m0/s1. The molecule has 2 aromatic rings. The maximum Gasteiger partial charge on any atom is 0.314 e. The average molecular weight is 398 g/mol. The van der Waals surface area contributed by atoms with Crippen LogP contribution in [0, 0.1) is 11.8 Å². The quantitative estimate of drug-likeness (QED) is 0.305. The lowest BCUT2D eigenvalue weighted by Crippen LogP contribution is -2.43. The molecule has 3 heterocycles. The van der Waals surface area contributed by atoms with Gasteiger partial charge < -0.3 is 18.8 Å². The number of fused-ring (bicyclic) bond motifs is 3. The molecule has 5 rings (SSSR count). The number of carbonyl (C=O) groups excluding carboxylic acids is 2. The van der Waals surface area contributed by atoms with Crippen molar-refractivity contribution in [2.24, 2.45) is 11.8 Å². The van der Waals surface area contributed by atoms with Gasteiger partial charge >= 0.3 is 5.97 Å². The summed E-state index contributed by atoms with van der Waals surface area (Å²) in [6.07, 6.45) is 3.02. The van der Waals surface area contributed by atoms with Gasteiger partial charge in [-0.3, -0.25) is 4.79 Å². The summed E-state index contributed by atoms with van der Waals surface area (Å²) in [5.41, 5.74) is 3.11. The molecule has 28 heavy (non-hydrogen) atoms. The molecule has 3 aliphatic rings. The van der Waals surface area contributed by atoms with Gasteiger partial charge in [0.1, 0.15) is 19.1 Å². The minimum absolute atomic E-state index is 0.277. The fraction of sp³-hybridized carbons (Fsp3) is 0.455. The molecule has 3 atom stereocenters. The lowest BCUT2D eigenvalue weighted by molar-refractivity contribution is -0.161. The Morgan fingerprint density at radius 3 is 2.79 bits per heavy atom. The van der Waals surface area contributed by atoms with Crippen LogP contribution in [0.4, 0.5) is 0 Å². The molecule has 1 saturated heterocycles. The number of rotatable bonds is 7. The molecule has 6 heteroatoms. The van der Waals surface area contributed by atoms with E-state index in [0.717, 1.165) is 41.1 Å². The molecule has 0 N–H and O–H groups in total. The monoisotopic (exact) mass is 397 g/mol. The van der Waals surface area contributed by atoms with Crippen LogP contribution in [0.3, 0.4) is 0 Å². The molecule has 0 spiro atoms. The molecule has 148 valence electrons. The summed E-state index contributed by atoms with van der Waals surface area (Å²) in [5.74, 6) is -1.04. The fourth-order valence-corrected chi connectivity index (χ4v) is 4.79. The number of ether oxygens (including phenoxy) is 2. The van der Waals surface area contributed by atoms with Crippen LogP contribution in [-0.2, 0) is 25.8 Å². The third kappa shape index (κ3) is 3.58. The normalized spacial score (nSPS) is 24.3. The Morgan fingerprint density at radius 2 is 2.07 bits per heavy atom. The molecule has 0 saturated carbocycles. The van der Waals surface area contributed by atoms with Crippen LogP contribution in [-0.4, -0.2) is 37.6 Å². The van der Waals surface area contributed by atoms with Crippen molar-refractivity contribution in [1.29, 1.82) is 0 Å². The Hall–Kier alpha value is -2.18. The highest BCUT2D eigenvalue weighted by Crippen LogP contribution is 2.42. The third-order valence-corrected chi connectivity index (χ3v) is 7.39. The third-order valence-electron chi connectivity index (χ3n) is 5.68. The molecule has 1 fully saturated rings. The maximum absolute atomic E-state index is 12.1. The number of hydrogen-bond donors (Lipinski definition) is 0. The zero-order valence-corrected chi connectivity index (χ0v) is 17.7. The molecular formula is C22H27NO4Si. The second kappa shape index (κ2) is 7.33. The molecule has 1 aliphatic carbocycles. The summed E-state index contributed by atoms with van der Waals surface area (Å²) in [7, 11) is -1.15. The maximum atomic E-state index is 12.1. The van der Waals surface area contributed by atoms with E-state index in [9.17, 15) is 9.59 Å². The van der Waals surface area contributed by atoms with Crippen molar-refractivity contribution >= 4 is 36.8 Å². The molecule has 0 amide bonds. The molecule has 1 aromatic heterocycles. The highest BCUT2D eigenvalue weighted by Gasteiger charge is 2.44. The van der Waals surface area contributed by atoms with E-state index >= 15 is 0 Å². The van der Waals surface area contributed by atoms with Crippen molar-refractivity contribution < 1.29 is 19.1 Å². The number of para-hydroxylation sites is 1. The van der Waals surface area contributed by atoms with Gasteiger partial charge in [0.15, 0.2) is 0 Å². The van der Waals surface area contributed by atoms with E-state index in [4.69, 9.17) is 9.47 Å². The first kappa shape index (κ1) is 19.1. The van der Waals surface area contributed by atoms with E-state index in [-0.39, 0.29) is 18.0 Å². The van der Waals surface area contributed by atoms with Gasteiger partial charge in [0.05, 0.1) is 17.1 Å². The molecule has 5 nitrogen and oxygen atoms in total. The molecule has 2 aliphatic heterocycles. The largest absolute Gasteiger partial charge is 0.457 e. The van der Waals surface area contributed by atoms with E-state index in [1.54, 1.807) is 0 Å². The number of nitrogens with zero attached hydrogens (tertiary/aromatic N) is 1. The number of carbonyl (C=O) groups is 2. The summed E-state index contributed by atoms with van der Waals surface area (Å²) in [6, 6.07) is 11.5. The molecule has 1 aromatic carbocycles. The van der Waals surface area contributed by atoms with Crippen molar-refractivity contribution in [3.05, 3.63) is 42.1 Å². The van der Waals surface area contributed by atoms with Crippen LogP contribution in [0.1, 0.15) is 12.1 Å². The summed E-state index contributed by atoms with van der Waals surface area (Å²) in [4.78, 5) is 23.5. The second-order valence-corrected chi connectivity index (χ2v) is 14.6. The summed E-state index contributed by atoms with van der Waals surface area (Å²) >= 11 is 0. The zero-order chi connectivity index (χ0) is 19.9. The van der Waals surface area contributed by atoms with Crippen molar-refractivity contribution in [2.45, 2.75) is 44.9 Å². The number of esters is 1. The van der Waals surface area contributed by atoms with Crippen LogP contribution in [0.5, 0.6) is 0 Å². The van der Waals surface area contributed by atoms with E-state index in [1.807, 2.05) is 18.2 Å². The van der Waals surface area contributed by atoms with Crippen LogP contribution in [0.15, 0.2) is 36.4 Å². The van der Waals surface area contributed by atoms with Crippen LogP contribution in [0.25, 0.3) is 16.5 Å². The SMILES string of the molecule is C[Si](C)(C)CCOCn1c(C2=CC3C(=O)OC2C[C@H]3C=O)cc2ccccc21. The topological polar surface area (TPSA) is 57.5 Å². The van der Waals surface area contributed by atoms with E-state index < -0.39 is 14.0 Å². The second-order valence-electron chi connectivity index (χ2n) is 8.97. The predicted molar refractivity (Wildman–Crippen MR) is 112 cm³/mol. The Balaban J connectivity index is 1.67. The van der Waals surface area contributed by atoms with Crippen LogP contribution >= 0.6 is 0 Å². The molecule has 2 unspecified atom stereocenters. The van der Waals surface area contributed by atoms with Crippen molar-refractivity contribution in [2.75, 3.05) is 6.61 Å². The molecule has 2 bridgehead atoms. The van der Waals surface area contributed by atoms with Gasteiger partial charge in [-0.05, 0) is 24.6 Å². The number of aldehydes is 1. The van der Waals surface area contributed by atoms with Gasteiger partial charge in [0.25, 0.3) is 0 Å². The van der Waals surface area contributed by atoms with Gasteiger partial charge in [0, 0.05) is 31.6 Å². The van der Waals surface area contributed by atoms with Gasteiger partial charge in [-0.25, -0.2) is 0 Å². The van der Waals surface area contributed by atoms with E-state index in [0.29, 0.717) is 13.2 Å². The van der Waals surface area contributed by atoms with Gasteiger partial charge in [-0.2, -0.15) is 0 Å². The average Bonchev–Trinajstić information content (AvgIpc) is 3.02. The molecular weight excluding hydrogens is 370 g/mol. The summed E-state index contributed by atoms with van der Waals surface area (Å²) < 4.78 is 13.8. The number of aromatic nitrogens is 1. The highest BCUT2D eigenvalue weighted by molar-refractivity contribution is 6.76. The summed E-state index contributed by atoms with van der Waals surface area (Å²) in [5, 5.41) is 1.13. The minimum Gasteiger partial charge on any atom is -0.457 e. The van der Waals surface area contributed by atoms with Crippen molar-refractivity contribution in [1.82, 2.24) is 4.57 Å². The fourth-order valence-electron chi connectivity index (χ4n) is 4.03. The lowest BCUT2D eigenvalue weighted by atomic mass is 9.76. The number of benzene rings is 1. The van der Waals surface area contributed by atoms with Crippen LogP contribution in [0.2, 0.25) is 25.7 Å². The predicted octanol–water partition coefficient (Wildman–Crippen LogP) is 4.10. The number of hydrogen-bond acceptors (Lipinski definition) is 4. The molecule has 0 radical (unpaired) electrons. The van der Waals surface area contributed by atoms with Gasteiger partial charge in [-0.1, -0.05) is 43.9 Å². The first-order chi connectivity index (χ1) is 13.4. The lowest BCUT2D eigenvalue weighted by Gasteiger charge is -2.38. The van der Waals surface area contributed by atoms with E-state index in [1.165, 1.54) is 0 Å². The minimum atomic E-state index is -1.15. The Morgan fingerprint density at radius 1 is 1.29 bits per heavy atom. The summed E-state index contributed by atoms with van der Waals surface area (Å²) in [6.45, 7) is 8.23.